The zero-order valence-corrected chi connectivity index (χ0v) is 24.3. The van der Waals surface area contributed by atoms with Crippen LogP contribution in [0.1, 0.15) is 55.2 Å². The molecule has 6 rings (SSSR count). The average Bonchev–Trinajstić information content (AvgIpc) is 3.31. The number of nitrogens with one attached hydrogen (secondary N) is 1. The van der Waals surface area contributed by atoms with Crippen LogP contribution in [-0.2, 0) is 17.7 Å². The molecule has 11 nitrogen and oxygen atoms in total. The Morgan fingerprint density at radius 1 is 1.24 bits per heavy atom. The van der Waals surface area contributed by atoms with Crippen molar-refractivity contribution in [3.63, 3.8) is 0 Å². The van der Waals surface area contributed by atoms with Gasteiger partial charge < -0.3 is 25.8 Å². The number of hydrogen-bond donors (Lipinski definition) is 3. The van der Waals surface area contributed by atoms with Crippen LogP contribution in [0.25, 0.3) is 0 Å². The van der Waals surface area contributed by atoms with Gasteiger partial charge in [0.1, 0.15) is 16.7 Å². The molecule has 3 aliphatic rings. The van der Waals surface area contributed by atoms with E-state index in [1.54, 1.807) is 24.4 Å². The van der Waals surface area contributed by atoms with Gasteiger partial charge in [0.2, 0.25) is 5.88 Å². The molecule has 216 valence electrons. The molecular weight excluding hydrogens is 566 g/mol. The molecule has 5 heterocycles. The lowest BCUT2D eigenvalue weighted by Gasteiger charge is -2.38. The van der Waals surface area contributed by atoms with Crippen LogP contribution in [0.3, 0.4) is 0 Å². The van der Waals surface area contributed by atoms with Crippen LogP contribution in [-0.4, -0.2) is 56.3 Å². The van der Waals surface area contributed by atoms with E-state index in [1.165, 1.54) is 16.3 Å². The molecule has 0 unspecified atom stereocenters. The van der Waals surface area contributed by atoms with Crippen LogP contribution in [0.5, 0.6) is 5.88 Å². The number of carbonyl (C=O) groups excluding carboxylic acids is 1. The van der Waals surface area contributed by atoms with E-state index in [0.717, 1.165) is 57.6 Å². The van der Waals surface area contributed by atoms with Crippen molar-refractivity contribution in [1.82, 2.24) is 19.5 Å². The van der Waals surface area contributed by atoms with Crippen molar-refractivity contribution in [2.24, 2.45) is 5.41 Å². The van der Waals surface area contributed by atoms with Crippen molar-refractivity contribution >= 4 is 46.6 Å². The van der Waals surface area contributed by atoms with Gasteiger partial charge in [-0.15, -0.1) is 0 Å². The summed E-state index contributed by atoms with van der Waals surface area (Å²) in [6, 6.07) is 5.11. The highest BCUT2D eigenvalue weighted by atomic mass is 35.5. The Hall–Kier alpha value is -3.35. The normalized spacial score (nSPS) is 19.8. The largest absolute Gasteiger partial charge is 0.493 e. The summed E-state index contributed by atoms with van der Waals surface area (Å²) in [6.45, 7) is 5.18. The van der Waals surface area contributed by atoms with Crippen molar-refractivity contribution in [3.05, 3.63) is 51.2 Å². The summed E-state index contributed by atoms with van der Waals surface area (Å²) in [4.78, 5) is 42.1. The van der Waals surface area contributed by atoms with E-state index < -0.39 is 22.9 Å². The second kappa shape index (κ2) is 11.1. The number of nitrogen functional groups attached to an aromatic ring is 1. The number of nitrogens with zero attached hydrogens (tertiary/aromatic N) is 5. The second-order valence-corrected chi connectivity index (χ2v) is 12.5. The molecule has 1 amide bonds. The topological polar surface area (TPSA) is 148 Å². The van der Waals surface area contributed by atoms with E-state index in [2.05, 4.69) is 32.1 Å². The maximum atomic E-state index is 13.1. The van der Waals surface area contributed by atoms with Crippen molar-refractivity contribution < 1.29 is 14.6 Å². The molecular formula is C28H32ClN7O4S. The quantitative estimate of drug-likeness (QED) is 0.392. The minimum atomic E-state index is -0.782. The molecule has 3 aliphatic heterocycles. The SMILES string of the molecule is C[C@H]1CC2(CCN(c3cnc(Sc4cccc(NC(=O)c5c(O)nc6n(c5=O)CCCC6)c4Cl)c(N)n3)CC2)CO1. The van der Waals surface area contributed by atoms with Crippen LogP contribution >= 0.6 is 23.4 Å². The van der Waals surface area contributed by atoms with E-state index in [0.29, 0.717) is 34.8 Å². The summed E-state index contributed by atoms with van der Waals surface area (Å²) in [6.07, 6.45) is 7.52. The number of aromatic nitrogens is 4. The molecule has 0 aliphatic carbocycles. The fraction of sp³-hybridized carbons (Fsp3) is 0.464. The third-order valence-electron chi connectivity index (χ3n) is 8.20. The predicted octanol–water partition coefficient (Wildman–Crippen LogP) is 4.11. The third kappa shape index (κ3) is 5.47. The van der Waals surface area contributed by atoms with Gasteiger partial charge in [0.25, 0.3) is 11.5 Å². The second-order valence-electron chi connectivity index (χ2n) is 11.0. The van der Waals surface area contributed by atoms with Crippen molar-refractivity contribution in [3.8, 4) is 5.88 Å². The molecule has 3 aromatic rings. The first-order valence-electron chi connectivity index (χ1n) is 13.8. The number of anilines is 3. The van der Waals surface area contributed by atoms with Gasteiger partial charge in [-0.05, 0) is 56.6 Å². The van der Waals surface area contributed by atoms with Crippen molar-refractivity contribution in [2.45, 2.75) is 68.0 Å². The molecule has 1 atom stereocenters. The Bertz CT molecular complexity index is 1560. The van der Waals surface area contributed by atoms with Gasteiger partial charge in [0, 0.05) is 31.0 Å². The highest BCUT2D eigenvalue weighted by Crippen LogP contribution is 2.43. The summed E-state index contributed by atoms with van der Waals surface area (Å²) in [5.41, 5.74) is 5.89. The monoisotopic (exact) mass is 597 g/mol. The first kappa shape index (κ1) is 27.8. The number of aryl methyl sites for hydroxylation is 1. The Morgan fingerprint density at radius 2 is 2.05 bits per heavy atom. The minimum absolute atomic E-state index is 0.246. The summed E-state index contributed by atoms with van der Waals surface area (Å²) in [5.74, 6) is 0.148. The molecule has 2 fully saturated rings. The number of halogens is 1. The van der Waals surface area contributed by atoms with Gasteiger partial charge >= 0.3 is 0 Å². The van der Waals surface area contributed by atoms with Gasteiger partial charge in [-0.1, -0.05) is 29.4 Å². The van der Waals surface area contributed by atoms with Gasteiger partial charge in [-0.2, -0.15) is 4.98 Å². The lowest BCUT2D eigenvalue weighted by molar-refractivity contribution is 0.0975. The van der Waals surface area contributed by atoms with Crippen molar-refractivity contribution in [2.75, 3.05) is 35.6 Å². The Balaban J connectivity index is 1.16. The molecule has 0 saturated carbocycles. The number of benzene rings is 1. The molecule has 0 radical (unpaired) electrons. The van der Waals surface area contributed by atoms with Gasteiger partial charge in [-0.25, -0.2) is 9.97 Å². The number of carbonyl (C=O) groups is 1. The Labute approximate surface area is 246 Å². The number of aromatic hydroxyl groups is 1. The van der Waals surface area contributed by atoms with Crippen LogP contribution < -0.4 is 21.5 Å². The summed E-state index contributed by atoms with van der Waals surface area (Å²) >= 11 is 7.88. The van der Waals surface area contributed by atoms with Crippen LogP contribution in [0, 0.1) is 5.41 Å². The molecule has 13 heteroatoms. The first-order chi connectivity index (χ1) is 19.7. The number of piperidine rings is 1. The number of ether oxygens (including phenoxy) is 1. The summed E-state index contributed by atoms with van der Waals surface area (Å²) in [5, 5.41) is 13.7. The van der Waals surface area contributed by atoms with E-state index >= 15 is 0 Å². The fourth-order valence-electron chi connectivity index (χ4n) is 5.95. The molecule has 41 heavy (non-hydrogen) atoms. The predicted molar refractivity (Wildman–Crippen MR) is 157 cm³/mol. The summed E-state index contributed by atoms with van der Waals surface area (Å²) < 4.78 is 7.29. The molecule has 0 bridgehead atoms. The van der Waals surface area contributed by atoms with E-state index in [9.17, 15) is 14.7 Å². The Kier molecular flexibility index (Phi) is 7.56. The highest BCUT2D eigenvalue weighted by molar-refractivity contribution is 7.99. The van der Waals surface area contributed by atoms with Gasteiger partial charge in [0.15, 0.2) is 11.4 Å². The number of fused-ring (bicyclic) bond motifs is 1. The van der Waals surface area contributed by atoms with Crippen LogP contribution in [0.2, 0.25) is 5.02 Å². The Morgan fingerprint density at radius 3 is 2.78 bits per heavy atom. The fourth-order valence-corrected chi connectivity index (χ4v) is 7.05. The highest BCUT2D eigenvalue weighted by Gasteiger charge is 2.41. The van der Waals surface area contributed by atoms with Crippen molar-refractivity contribution in [1.29, 1.82) is 0 Å². The maximum Gasteiger partial charge on any atom is 0.270 e. The molecule has 4 N–H and O–H groups in total. The van der Waals surface area contributed by atoms with Crippen LogP contribution in [0.15, 0.2) is 39.1 Å². The smallest absolute Gasteiger partial charge is 0.270 e. The van der Waals surface area contributed by atoms with E-state index in [-0.39, 0.29) is 21.9 Å². The maximum absolute atomic E-state index is 13.1. The van der Waals surface area contributed by atoms with Crippen LogP contribution in [0.4, 0.5) is 17.3 Å². The molecule has 1 spiro atoms. The van der Waals surface area contributed by atoms with Gasteiger partial charge in [-0.3, -0.25) is 14.2 Å². The van der Waals surface area contributed by atoms with Gasteiger partial charge in [0.05, 0.1) is 29.6 Å². The minimum Gasteiger partial charge on any atom is -0.493 e. The zero-order chi connectivity index (χ0) is 28.7. The lowest BCUT2D eigenvalue weighted by atomic mass is 9.77. The number of amides is 1. The number of nitrogens with two attached hydrogens (primary N) is 1. The molecule has 1 aromatic carbocycles. The molecule has 2 saturated heterocycles. The number of rotatable bonds is 5. The van der Waals surface area contributed by atoms with E-state index in [1.807, 2.05) is 0 Å². The summed E-state index contributed by atoms with van der Waals surface area (Å²) in [7, 11) is 0. The van der Waals surface area contributed by atoms with E-state index in [4.69, 9.17) is 22.1 Å². The standard InChI is InChI=1S/C28H32ClN7O4S/c1-16-13-28(15-40-16)8-11-35(12-9-28)20-14-31-26(23(30)33-20)41-18-6-4-5-17(22(18)29)32-24(37)21-25(38)34-19-7-2-3-10-36(19)27(21)39/h4-6,14,16,38H,2-3,7-13,15H2,1H3,(H2,30,33)(H,32,37)/t16-/m0/s1. The average molecular weight is 598 g/mol. The lowest BCUT2D eigenvalue weighted by Crippen LogP contribution is -2.41. The zero-order valence-electron chi connectivity index (χ0n) is 22.7. The first-order valence-corrected chi connectivity index (χ1v) is 15.0. The number of hydrogen-bond acceptors (Lipinski definition) is 10. The third-order valence-corrected chi connectivity index (χ3v) is 9.79. The molecule has 2 aromatic heterocycles.